The Morgan fingerprint density at radius 3 is 1.97 bits per heavy atom. The third kappa shape index (κ3) is 5.92. The van der Waals surface area contributed by atoms with Crippen LogP contribution in [-0.2, 0) is 4.79 Å². The predicted octanol–water partition coefficient (Wildman–Crippen LogP) is 2.23. The van der Waals surface area contributed by atoms with Gasteiger partial charge in [-0.25, -0.2) is 0 Å². The first kappa shape index (κ1) is 25.8. The number of amides is 2. The van der Waals surface area contributed by atoms with Crippen LogP contribution in [0.2, 0.25) is 0 Å². The van der Waals surface area contributed by atoms with Gasteiger partial charge in [0, 0.05) is 24.7 Å². The summed E-state index contributed by atoms with van der Waals surface area (Å²) in [5.74, 6) is 1.03. The van der Waals surface area contributed by atoms with Gasteiger partial charge in [0.15, 0.2) is 11.5 Å². The Kier molecular flexibility index (Phi) is 9.24. The number of nitrogens with one attached hydrogen (secondary N) is 1. The van der Waals surface area contributed by atoms with Gasteiger partial charge in [-0.1, -0.05) is 20.8 Å². The maximum atomic E-state index is 12.7. The summed E-state index contributed by atoms with van der Waals surface area (Å²) in [6.45, 7) is 7.02. The number of nitrogens with zero attached hydrogens (tertiary/aromatic N) is 1. The van der Waals surface area contributed by atoms with Crippen LogP contribution in [0.1, 0.15) is 44.0 Å². The van der Waals surface area contributed by atoms with Gasteiger partial charge in [-0.3, -0.25) is 9.59 Å². The molecule has 0 radical (unpaired) electrons. The van der Waals surface area contributed by atoms with Crippen LogP contribution in [0.25, 0.3) is 0 Å². The highest BCUT2D eigenvalue weighted by Gasteiger charge is 2.33. The van der Waals surface area contributed by atoms with Gasteiger partial charge >= 0.3 is 0 Å². The summed E-state index contributed by atoms with van der Waals surface area (Å²) in [4.78, 5) is 27.1. The van der Waals surface area contributed by atoms with Gasteiger partial charge in [0.05, 0.1) is 27.4 Å². The van der Waals surface area contributed by atoms with E-state index < -0.39 is 6.04 Å². The highest BCUT2D eigenvalue weighted by atomic mass is 35.5. The van der Waals surface area contributed by atoms with Crippen molar-refractivity contribution in [3.05, 3.63) is 17.7 Å². The number of benzene rings is 1. The van der Waals surface area contributed by atoms with Gasteiger partial charge in [0.2, 0.25) is 11.7 Å². The molecule has 1 heterocycles. The number of halogens is 1. The number of carbonyl (C=O) groups is 2. The lowest BCUT2D eigenvalue weighted by molar-refractivity contribution is -0.136. The summed E-state index contributed by atoms with van der Waals surface area (Å²) in [7, 11) is 4.53. The molecule has 0 saturated carbocycles. The predicted molar refractivity (Wildman–Crippen MR) is 118 cm³/mol. The van der Waals surface area contributed by atoms with Gasteiger partial charge in [-0.2, -0.15) is 0 Å². The van der Waals surface area contributed by atoms with Crippen molar-refractivity contribution in [3.63, 3.8) is 0 Å². The SMILES string of the molecule is COc1cc(C(=O)NC2CCN(C(=O)[C@@H](N)C(C)(C)C)CC2)cc(OC)c1OC.Cl. The standard InChI is InChI=1S/C21H33N3O5.ClH/c1-21(2,3)18(22)20(26)24-9-7-14(8-10-24)23-19(25)13-11-15(27-4)17(29-6)16(12-13)28-5;/h11-12,14,18H,7-10,22H2,1-6H3,(H,23,25);1H/t18-;/m1./s1. The fourth-order valence-corrected chi connectivity index (χ4v) is 3.29. The fraction of sp³-hybridized carbons (Fsp3) is 0.619. The van der Waals surface area contributed by atoms with Crippen LogP contribution in [0.5, 0.6) is 17.2 Å². The molecule has 170 valence electrons. The number of hydrogen-bond donors (Lipinski definition) is 2. The van der Waals surface area contributed by atoms with E-state index in [0.29, 0.717) is 48.7 Å². The first-order chi connectivity index (χ1) is 13.6. The first-order valence-electron chi connectivity index (χ1n) is 9.77. The van der Waals surface area contributed by atoms with Crippen LogP contribution in [0.4, 0.5) is 0 Å². The lowest BCUT2D eigenvalue weighted by Gasteiger charge is -2.36. The molecule has 1 atom stereocenters. The fourth-order valence-electron chi connectivity index (χ4n) is 3.29. The number of carbonyl (C=O) groups excluding carboxylic acids is 2. The van der Waals surface area contributed by atoms with E-state index in [1.54, 1.807) is 17.0 Å². The molecule has 3 N–H and O–H groups in total. The molecule has 8 nitrogen and oxygen atoms in total. The summed E-state index contributed by atoms with van der Waals surface area (Å²) in [5.41, 5.74) is 6.24. The minimum Gasteiger partial charge on any atom is -0.493 e. The molecule has 1 aromatic carbocycles. The third-order valence-corrected chi connectivity index (χ3v) is 5.27. The number of methoxy groups -OCH3 is 3. The Morgan fingerprint density at radius 1 is 1.07 bits per heavy atom. The third-order valence-electron chi connectivity index (χ3n) is 5.27. The van der Waals surface area contributed by atoms with Crippen LogP contribution < -0.4 is 25.3 Å². The second-order valence-corrected chi connectivity index (χ2v) is 8.33. The van der Waals surface area contributed by atoms with Crippen molar-refractivity contribution in [1.82, 2.24) is 10.2 Å². The summed E-state index contributed by atoms with van der Waals surface area (Å²) >= 11 is 0. The van der Waals surface area contributed by atoms with E-state index >= 15 is 0 Å². The van der Waals surface area contributed by atoms with E-state index in [2.05, 4.69) is 5.32 Å². The Balaban J connectivity index is 0.00000450. The van der Waals surface area contributed by atoms with Crippen molar-refractivity contribution in [3.8, 4) is 17.2 Å². The zero-order valence-electron chi connectivity index (χ0n) is 18.6. The summed E-state index contributed by atoms with van der Waals surface area (Å²) in [6, 6.07) is 2.69. The number of piperidine rings is 1. The van der Waals surface area contributed by atoms with E-state index in [1.165, 1.54) is 21.3 Å². The maximum absolute atomic E-state index is 12.7. The average molecular weight is 444 g/mol. The second-order valence-electron chi connectivity index (χ2n) is 8.33. The number of hydrogen-bond acceptors (Lipinski definition) is 6. The number of likely N-dealkylation sites (tertiary alicyclic amines) is 1. The number of nitrogens with two attached hydrogens (primary N) is 1. The molecule has 30 heavy (non-hydrogen) atoms. The molecule has 1 aliphatic rings. The quantitative estimate of drug-likeness (QED) is 0.698. The number of rotatable bonds is 6. The average Bonchev–Trinajstić information content (AvgIpc) is 2.71. The molecule has 2 rings (SSSR count). The smallest absolute Gasteiger partial charge is 0.251 e. The minimum atomic E-state index is -0.534. The molecule has 0 unspecified atom stereocenters. The van der Waals surface area contributed by atoms with Crippen LogP contribution in [0.15, 0.2) is 12.1 Å². The van der Waals surface area contributed by atoms with Gasteiger partial charge in [-0.05, 0) is 30.4 Å². The zero-order valence-corrected chi connectivity index (χ0v) is 19.4. The minimum absolute atomic E-state index is 0. The lowest BCUT2D eigenvalue weighted by atomic mass is 9.86. The maximum Gasteiger partial charge on any atom is 0.251 e. The molecule has 1 aromatic rings. The van der Waals surface area contributed by atoms with Crippen LogP contribution in [0, 0.1) is 5.41 Å². The second kappa shape index (κ2) is 10.7. The van der Waals surface area contributed by atoms with E-state index in [-0.39, 0.29) is 35.7 Å². The van der Waals surface area contributed by atoms with E-state index in [1.807, 2.05) is 20.8 Å². The molecule has 2 amide bonds. The van der Waals surface area contributed by atoms with Crippen molar-refractivity contribution >= 4 is 24.2 Å². The Morgan fingerprint density at radius 2 is 1.57 bits per heavy atom. The van der Waals surface area contributed by atoms with E-state index in [0.717, 1.165) is 0 Å². The molecule has 0 aromatic heterocycles. The van der Waals surface area contributed by atoms with Crippen molar-refractivity contribution < 1.29 is 23.8 Å². The molecule has 9 heteroatoms. The number of ether oxygens (including phenoxy) is 3. The molecule has 0 aliphatic carbocycles. The van der Waals surface area contributed by atoms with E-state index in [9.17, 15) is 9.59 Å². The van der Waals surface area contributed by atoms with Gasteiger partial charge in [-0.15, -0.1) is 12.4 Å². The molecule has 0 spiro atoms. The molecule has 1 saturated heterocycles. The molecule has 0 bridgehead atoms. The largest absolute Gasteiger partial charge is 0.493 e. The van der Waals surface area contributed by atoms with Crippen molar-refractivity contribution in [1.29, 1.82) is 0 Å². The topological polar surface area (TPSA) is 103 Å². The van der Waals surface area contributed by atoms with Crippen molar-refractivity contribution in [2.24, 2.45) is 11.1 Å². The summed E-state index contributed by atoms with van der Waals surface area (Å²) < 4.78 is 15.9. The van der Waals surface area contributed by atoms with Crippen LogP contribution in [0.3, 0.4) is 0 Å². The molecular formula is C21H34ClN3O5. The molecule has 1 fully saturated rings. The van der Waals surface area contributed by atoms with Crippen molar-refractivity contribution in [2.75, 3.05) is 34.4 Å². The Bertz CT molecular complexity index is 718. The van der Waals surface area contributed by atoms with Crippen LogP contribution in [-0.4, -0.2) is 63.2 Å². The normalized spacial score (nSPS) is 15.6. The monoisotopic (exact) mass is 443 g/mol. The Hall–Kier alpha value is -2.19. The van der Waals surface area contributed by atoms with Gasteiger partial charge in [0.25, 0.3) is 5.91 Å². The van der Waals surface area contributed by atoms with Crippen molar-refractivity contribution in [2.45, 2.75) is 45.7 Å². The zero-order chi connectivity index (χ0) is 21.8. The van der Waals surface area contributed by atoms with Gasteiger partial charge < -0.3 is 30.2 Å². The molecular weight excluding hydrogens is 410 g/mol. The summed E-state index contributed by atoms with van der Waals surface area (Å²) in [5, 5.41) is 3.03. The molecule has 1 aliphatic heterocycles. The van der Waals surface area contributed by atoms with Crippen LogP contribution >= 0.6 is 12.4 Å². The van der Waals surface area contributed by atoms with E-state index in [4.69, 9.17) is 19.9 Å². The Labute approximate surface area is 184 Å². The summed E-state index contributed by atoms with van der Waals surface area (Å²) in [6.07, 6.45) is 1.36. The first-order valence-corrected chi connectivity index (χ1v) is 9.77. The highest BCUT2D eigenvalue weighted by molar-refractivity contribution is 5.95. The van der Waals surface area contributed by atoms with Gasteiger partial charge in [0.1, 0.15) is 0 Å². The lowest BCUT2D eigenvalue weighted by Crippen LogP contribution is -2.54. The highest BCUT2D eigenvalue weighted by Crippen LogP contribution is 2.38.